The predicted molar refractivity (Wildman–Crippen MR) is 110 cm³/mol. The van der Waals surface area contributed by atoms with Gasteiger partial charge in [-0.3, -0.25) is 4.79 Å². The number of aryl methyl sites for hydroxylation is 2. The van der Waals surface area contributed by atoms with Crippen LogP contribution in [0.2, 0.25) is 0 Å². The van der Waals surface area contributed by atoms with E-state index in [4.69, 9.17) is 4.74 Å². The first-order chi connectivity index (χ1) is 12.5. The summed E-state index contributed by atoms with van der Waals surface area (Å²) < 4.78 is 6.60. The molecular formula is C22H22BrNO2. The molecule has 3 rings (SSSR count). The smallest absolute Gasteiger partial charge is 0.258 e. The molecule has 0 heterocycles. The molecule has 0 aromatic heterocycles. The maximum atomic E-state index is 12.3. The zero-order valence-corrected chi connectivity index (χ0v) is 16.8. The van der Waals surface area contributed by atoms with Crippen molar-refractivity contribution in [1.29, 1.82) is 0 Å². The number of hydrogen-bond acceptors (Lipinski definition) is 2. The Morgan fingerprint density at radius 2 is 1.88 bits per heavy atom. The van der Waals surface area contributed by atoms with Crippen LogP contribution in [0.25, 0.3) is 10.8 Å². The highest BCUT2D eigenvalue weighted by molar-refractivity contribution is 9.10. The molecule has 0 saturated carbocycles. The molecular weight excluding hydrogens is 390 g/mol. The van der Waals surface area contributed by atoms with Crippen molar-refractivity contribution in [2.24, 2.45) is 0 Å². The lowest BCUT2D eigenvalue weighted by Crippen LogP contribution is -2.31. The SMILES string of the molecule is Cc1ccc([C@H](C)NC(=O)COc2ccc3ccccc3c2Br)c(C)c1. The van der Waals surface area contributed by atoms with E-state index in [0.29, 0.717) is 5.75 Å². The van der Waals surface area contributed by atoms with Gasteiger partial charge >= 0.3 is 0 Å². The number of nitrogens with one attached hydrogen (secondary N) is 1. The largest absolute Gasteiger partial charge is 0.483 e. The summed E-state index contributed by atoms with van der Waals surface area (Å²) in [6.07, 6.45) is 0. The Kier molecular flexibility index (Phi) is 5.62. The molecule has 3 nitrogen and oxygen atoms in total. The van der Waals surface area contributed by atoms with Crippen LogP contribution in [0.4, 0.5) is 0 Å². The lowest BCUT2D eigenvalue weighted by Gasteiger charge is -2.17. The first-order valence-electron chi connectivity index (χ1n) is 8.62. The molecule has 26 heavy (non-hydrogen) atoms. The zero-order valence-electron chi connectivity index (χ0n) is 15.2. The molecule has 0 unspecified atom stereocenters. The minimum absolute atomic E-state index is 0.0216. The standard InChI is InChI=1S/C22H22BrNO2/c1-14-8-10-18(15(2)12-14)16(3)24-21(25)13-26-20-11-9-17-6-4-5-7-19(17)22(20)23/h4-12,16H,13H2,1-3H3,(H,24,25)/t16-/m0/s1. The van der Waals surface area contributed by atoms with Gasteiger partial charge in [-0.25, -0.2) is 0 Å². The van der Waals surface area contributed by atoms with Crippen LogP contribution in [-0.4, -0.2) is 12.5 Å². The number of amides is 1. The number of ether oxygens (including phenoxy) is 1. The maximum absolute atomic E-state index is 12.3. The van der Waals surface area contributed by atoms with E-state index in [9.17, 15) is 4.79 Å². The lowest BCUT2D eigenvalue weighted by atomic mass is 10.0. The fraction of sp³-hybridized carbons (Fsp3) is 0.227. The van der Waals surface area contributed by atoms with E-state index in [2.05, 4.69) is 53.3 Å². The van der Waals surface area contributed by atoms with E-state index in [1.54, 1.807) is 0 Å². The normalized spacial score (nSPS) is 12.0. The third-order valence-corrected chi connectivity index (χ3v) is 5.27. The topological polar surface area (TPSA) is 38.3 Å². The summed E-state index contributed by atoms with van der Waals surface area (Å²) in [4.78, 5) is 12.3. The van der Waals surface area contributed by atoms with Crippen LogP contribution in [0.1, 0.15) is 29.7 Å². The summed E-state index contributed by atoms with van der Waals surface area (Å²) in [5.41, 5.74) is 3.51. The third-order valence-electron chi connectivity index (χ3n) is 4.46. The van der Waals surface area contributed by atoms with Crippen LogP contribution in [-0.2, 0) is 4.79 Å². The molecule has 3 aromatic carbocycles. The third kappa shape index (κ3) is 4.07. The van der Waals surface area contributed by atoms with Crippen LogP contribution < -0.4 is 10.1 Å². The molecule has 4 heteroatoms. The monoisotopic (exact) mass is 411 g/mol. The Morgan fingerprint density at radius 3 is 2.65 bits per heavy atom. The highest BCUT2D eigenvalue weighted by Crippen LogP contribution is 2.33. The van der Waals surface area contributed by atoms with Crippen LogP contribution >= 0.6 is 15.9 Å². The Hall–Kier alpha value is -2.33. The molecule has 134 valence electrons. The van der Waals surface area contributed by atoms with E-state index in [1.165, 1.54) is 11.1 Å². The van der Waals surface area contributed by atoms with E-state index < -0.39 is 0 Å². The second-order valence-electron chi connectivity index (χ2n) is 6.54. The Bertz CT molecular complexity index is 952. The van der Waals surface area contributed by atoms with E-state index >= 15 is 0 Å². The van der Waals surface area contributed by atoms with Crippen molar-refractivity contribution in [1.82, 2.24) is 5.32 Å². The van der Waals surface area contributed by atoms with Crippen molar-refractivity contribution >= 4 is 32.6 Å². The van der Waals surface area contributed by atoms with Gasteiger partial charge in [-0.05, 0) is 64.7 Å². The van der Waals surface area contributed by atoms with Gasteiger partial charge in [0.1, 0.15) is 5.75 Å². The Labute approximate surface area is 162 Å². The van der Waals surface area contributed by atoms with E-state index in [-0.39, 0.29) is 18.6 Å². The van der Waals surface area contributed by atoms with Gasteiger partial charge in [0.05, 0.1) is 10.5 Å². The first-order valence-corrected chi connectivity index (χ1v) is 9.41. The van der Waals surface area contributed by atoms with Gasteiger partial charge in [0, 0.05) is 0 Å². The molecule has 0 spiro atoms. The van der Waals surface area contributed by atoms with Gasteiger partial charge in [0.15, 0.2) is 6.61 Å². The molecule has 0 aliphatic rings. The van der Waals surface area contributed by atoms with Crippen molar-refractivity contribution in [2.75, 3.05) is 6.61 Å². The zero-order chi connectivity index (χ0) is 18.7. The number of rotatable bonds is 5. The van der Waals surface area contributed by atoms with Gasteiger partial charge in [-0.15, -0.1) is 0 Å². The minimum Gasteiger partial charge on any atom is -0.483 e. The maximum Gasteiger partial charge on any atom is 0.258 e. The fourth-order valence-corrected chi connectivity index (χ4v) is 3.75. The minimum atomic E-state index is -0.141. The summed E-state index contributed by atoms with van der Waals surface area (Å²) in [5, 5.41) is 5.19. The predicted octanol–water partition coefficient (Wildman–Crippen LogP) is 5.48. The van der Waals surface area contributed by atoms with E-state index in [1.807, 2.05) is 43.3 Å². The average molecular weight is 412 g/mol. The molecule has 3 aromatic rings. The second-order valence-corrected chi connectivity index (χ2v) is 7.33. The molecule has 0 radical (unpaired) electrons. The van der Waals surface area contributed by atoms with E-state index in [0.717, 1.165) is 20.8 Å². The fourth-order valence-electron chi connectivity index (χ4n) is 3.14. The lowest BCUT2D eigenvalue weighted by molar-refractivity contribution is -0.123. The molecule has 0 aliphatic carbocycles. The summed E-state index contributed by atoms with van der Waals surface area (Å²) >= 11 is 3.58. The van der Waals surface area contributed by atoms with Crippen molar-refractivity contribution < 1.29 is 9.53 Å². The number of carbonyl (C=O) groups excluding carboxylic acids is 1. The molecule has 1 amide bonds. The van der Waals surface area contributed by atoms with Crippen LogP contribution in [0.15, 0.2) is 59.1 Å². The van der Waals surface area contributed by atoms with Crippen molar-refractivity contribution in [2.45, 2.75) is 26.8 Å². The molecule has 0 fully saturated rings. The second kappa shape index (κ2) is 7.92. The number of carbonyl (C=O) groups is 1. The number of halogens is 1. The Morgan fingerprint density at radius 1 is 1.12 bits per heavy atom. The summed E-state index contributed by atoms with van der Waals surface area (Å²) in [7, 11) is 0. The summed E-state index contributed by atoms with van der Waals surface area (Å²) in [6, 6.07) is 18.1. The molecule has 0 saturated heterocycles. The van der Waals surface area contributed by atoms with Gasteiger partial charge in [0.25, 0.3) is 5.91 Å². The summed E-state index contributed by atoms with van der Waals surface area (Å²) in [5.74, 6) is 0.524. The Balaban J connectivity index is 1.65. The first kappa shape index (κ1) is 18.5. The molecule has 1 N–H and O–H groups in total. The van der Waals surface area contributed by atoms with Crippen molar-refractivity contribution in [3.05, 3.63) is 75.8 Å². The highest BCUT2D eigenvalue weighted by atomic mass is 79.9. The molecule has 0 aliphatic heterocycles. The highest BCUT2D eigenvalue weighted by Gasteiger charge is 2.13. The van der Waals surface area contributed by atoms with Crippen LogP contribution in [0.3, 0.4) is 0 Å². The van der Waals surface area contributed by atoms with Crippen LogP contribution in [0, 0.1) is 13.8 Å². The van der Waals surface area contributed by atoms with Crippen molar-refractivity contribution in [3.8, 4) is 5.75 Å². The molecule has 1 atom stereocenters. The van der Waals surface area contributed by atoms with Crippen molar-refractivity contribution in [3.63, 3.8) is 0 Å². The summed E-state index contributed by atoms with van der Waals surface area (Å²) in [6.45, 7) is 6.09. The van der Waals surface area contributed by atoms with Crippen LogP contribution in [0.5, 0.6) is 5.75 Å². The quantitative estimate of drug-likeness (QED) is 0.603. The number of fused-ring (bicyclic) bond motifs is 1. The van der Waals surface area contributed by atoms with Gasteiger partial charge in [0.2, 0.25) is 0 Å². The number of benzene rings is 3. The molecule has 0 bridgehead atoms. The van der Waals surface area contributed by atoms with Gasteiger partial charge in [-0.1, -0.05) is 54.1 Å². The number of hydrogen-bond donors (Lipinski definition) is 1. The average Bonchev–Trinajstić information content (AvgIpc) is 2.61. The van der Waals surface area contributed by atoms with Gasteiger partial charge in [-0.2, -0.15) is 0 Å². The van der Waals surface area contributed by atoms with Gasteiger partial charge < -0.3 is 10.1 Å².